The molecule has 1 N–H and O–H groups in total. The van der Waals surface area contributed by atoms with E-state index in [0.717, 1.165) is 7.11 Å². The van der Waals surface area contributed by atoms with E-state index in [4.69, 9.17) is 5.11 Å². The lowest BCUT2D eigenvalue weighted by molar-refractivity contribution is 0.198. The Hall–Kier alpha value is -0.170. The Kier molecular flexibility index (Phi) is 6.35. The molecule has 0 aromatic heterocycles. The molecule has 0 saturated carbocycles. The third kappa shape index (κ3) is 5.46. The van der Waals surface area contributed by atoms with E-state index in [1.54, 1.807) is 6.92 Å². The van der Waals surface area contributed by atoms with Crippen molar-refractivity contribution in [1.29, 1.82) is 0 Å². The van der Waals surface area contributed by atoms with Crippen LogP contribution in [0, 0.1) is 11.8 Å². The van der Waals surface area contributed by atoms with Crippen molar-refractivity contribution < 1.29 is 17.7 Å². The second-order valence-corrected chi connectivity index (χ2v) is 5.83. The molecule has 0 aromatic rings. The van der Waals surface area contributed by atoms with Gasteiger partial charge < -0.3 is 5.11 Å². The van der Waals surface area contributed by atoms with Crippen LogP contribution in [0.5, 0.6) is 0 Å². The van der Waals surface area contributed by atoms with Gasteiger partial charge in [-0.1, -0.05) is 20.8 Å². The summed E-state index contributed by atoms with van der Waals surface area (Å²) in [5, 5.41) is 8.89. The van der Waals surface area contributed by atoms with Crippen LogP contribution in [0.2, 0.25) is 0 Å². The summed E-state index contributed by atoms with van der Waals surface area (Å²) in [5.41, 5.74) is 0. The number of rotatable bonds is 7. The quantitative estimate of drug-likeness (QED) is 0.701. The summed E-state index contributed by atoms with van der Waals surface area (Å²) in [6.07, 6.45) is 0. The number of aliphatic hydroxyl groups is 1. The fraction of sp³-hybridized carbons (Fsp3) is 1.00. The standard InChI is InChI=1S/C9H21NO4S/c1-8(2)5-10(6-9(3)7-11)15(12,13)14-4/h8-9,11H,5-7H2,1-4H3. The smallest absolute Gasteiger partial charge is 0.338 e. The van der Waals surface area contributed by atoms with E-state index in [2.05, 4.69) is 4.18 Å². The summed E-state index contributed by atoms with van der Waals surface area (Å²) in [6, 6.07) is 0. The topological polar surface area (TPSA) is 66.8 Å². The van der Waals surface area contributed by atoms with Gasteiger partial charge in [-0.3, -0.25) is 4.18 Å². The normalized spacial score (nSPS) is 14.9. The van der Waals surface area contributed by atoms with Gasteiger partial charge in [0.15, 0.2) is 0 Å². The molecule has 0 saturated heterocycles. The van der Waals surface area contributed by atoms with Crippen LogP contribution in [0.4, 0.5) is 0 Å². The Labute approximate surface area is 92.3 Å². The predicted octanol–water partition coefficient (Wildman–Crippen LogP) is 0.464. The maximum absolute atomic E-state index is 11.5. The molecule has 0 amide bonds. The molecular weight excluding hydrogens is 218 g/mol. The van der Waals surface area contributed by atoms with Crippen molar-refractivity contribution in [2.75, 3.05) is 26.8 Å². The number of hydrogen-bond donors (Lipinski definition) is 1. The van der Waals surface area contributed by atoms with Crippen LogP contribution in [-0.4, -0.2) is 44.6 Å². The van der Waals surface area contributed by atoms with Crippen molar-refractivity contribution >= 4 is 10.3 Å². The Balaban J connectivity index is 4.59. The highest BCUT2D eigenvalue weighted by atomic mass is 32.2. The first kappa shape index (κ1) is 14.8. The van der Waals surface area contributed by atoms with Gasteiger partial charge >= 0.3 is 10.3 Å². The first-order valence-corrected chi connectivity index (χ1v) is 6.36. The van der Waals surface area contributed by atoms with Crippen molar-refractivity contribution in [3.05, 3.63) is 0 Å². The van der Waals surface area contributed by atoms with E-state index in [1.807, 2.05) is 13.8 Å². The molecule has 0 radical (unpaired) electrons. The molecule has 1 unspecified atom stereocenters. The van der Waals surface area contributed by atoms with Gasteiger partial charge in [-0.15, -0.1) is 0 Å². The molecule has 0 fully saturated rings. The van der Waals surface area contributed by atoms with Crippen molar-refractivity contribution in [3.63, 3.8) is 0 Å². The van der Waals surface area contributed by atoms with Crippen LogP contribution in [0.25, 0.3) is 0 Å². The van der Waals surface area contributed by atoms with E-state index < -0.39 is 10.3 Å². The van der Waals surface area contributed by atoms with Gasteiger partial charge in [-0.05, 0) is 11.8 Å². The van der Waals surface area contributed by atoms with Crippen LogP contribution in [0.3, 0.4) is 0 Å². The molecule has 6 heteroatoms. The highest BCUT2D eigenvalue weighted by Crippen LogP contribution is 2.10. The van der Waals surface area contributed by atoms with Gasteiger partial charge in [0.25, 0.3) is 0 Å². The van der Waals surface area contributed by atoms with Crippen LogP contribution in [0.15, 0.2) is 0 Å². The summed E-state index contributed by atoms with van der Waals surface area (Å²) in [6.45, 7) is 6.31. The average Bonchev–Trinajstić information content (AvgIpc) is 2.15. The van der Waals surface area contributed by atoms with Gasteiger partial charge in [0.1, 0.15) is 0 Å². The zero-order valence-electron chi connectivity index (χ0n) is 9.80. The highest BCUT2D eigenvalue weighted by molar-refractivity contribution is 7.84. The van der Waals surface area contributed by atoms with E-state index in [1.165, 1.54) is 4.31 Å². The summed E-state index contributed by atoms with van der Waals surface area (Å²) >= 11 is 0. The lowest BCUT2D eigenvalue weighted by Crippen LogP contribution is -2.38. The second kappa shape index (κ2) is 6.42. The predicted molar refractivity (Wildman–Crippen MR) is 58.6 cm³/mol. The Morgan fingerprint density at radius 2 is 1.80 bits per heavy atom. The molecule has 0 heterocycles. The van der Waals surface area contributed by atoms with Crippen LogP contribution >= 0.6 is 0 Å². The molecule has 5 nitrogen and oxygen atoms in total. The fourth-order valence-corrected chi connectivity index (χ4v) is 2.30. The monoisotopic (exact) mass is 239 g/mol. The summed E-state index contributed by atoms with van der Waals surface area (Å²) in [5.74, 6) is 0.134. The molecular formula is C9H21NO4S. The lowest BCUT2D eigenvalue weighted by atomic mass is 10.2. The van der Waals surface area contributed by atoms with Crippen molar-refractivity contribution in [2.24, 2.45) is 11.8 Å². The molecule has 1 atom stereocenters. The number of aliphatic hydroxyl groups excluding tert-OH is 1. The Morgan fingerprint density at radius 3 is 2.13 bits per heavy atom. The molecule has 0 aliphatic heterocycles. The Morgan fingerprint density at radius 1 is 1.27 bits per heavy atom. The third-order valence-corrected chi connectivity index (χ3v) is 3.27. The maximum atomic E-state index is 11.5. The molecule has 15 heavy (non-hydrogen) atoms. The average molecular weight is 239 g/mol. The van der Waals surface area contributed by atoms with Gasteiger partial charge in [0.2, 0.25) is 0 Å². The van der Waals surface area contributed by atoms with Crippen LogP contribution in [0.1, 0.15) is 20.8 Å². The first-order chi connectivity index (χ1) is 6.83. The van der Waals surface area contributed by atoms with Gasteiger partial charge in [-0.25, -0.2) is 0 Å². The van der Waals surface area contributed by atoms with E-state index >= 15 is 0 Å². The minimum Gasteiger partial charge on any atom is -0.396 e. The first-order valence-electron chi connectivity index (χ1n) is 5.00. The SMILES string of the molecule is COS(=O)(=O)N(CC(C)C)CC(C)CO. The zero-order chi connectivity index (χ0) is 12.1. The van der Waals surface area contributed by atoms with Gasteiger partial charge in [0, 0.05) is 19.7 Å². The molecule has 92 valence electrons. The van der Waals surface area contributed by atoms with E-state index in [-0.39, 0.29) is 25.0 Å². The van der Waals surface area contributed by atoms with Gasteiger partial charge in [-0.2, -0.15) is 12.7 Å². The van der Waals surface area contributed by atoms with E-state index in [0.29, 0.717) is 6.54 Å². The summed E-state index contributed by atoms with van der Waals surface area (Å²) in [7, 11) is -2.49. The van der Waals surface area contributed by atoms with Crippen LogP contribution < -0.4 is 0 Å². The number of nitrogens with zero attached hydrogens (tertiary/aromatic N) is 1. The molecule has 0 aliphatic carbocycles. The molecule has 0 aromatic carbocycles. The fourth-order valence-electron chi connectivity index (χ4n) is 1.18. The summed E-state index contributed by atoms with van der Waals surface area (Å²) in [4.78, 5) is 0. The Bertz CT molecular complexity index is 263. The van der Waals surface area contributed by atoms with Crippen molar-refractivity contribution in [1.82, 2.24) is 4.31 Å². The van der Waals surface area contributed by atoms with E-state index in [9.17, 15) is 8.42 Å². The maximum Gasteiger partial charge on any atom is 0.338 e. The third-order valence-electron chi connectivity index (χ3n) is 1.92. The molecule has 0 aliphatic rings. The minimum atomic E-state index is -3.64. The van der Waals surface area contributed by atoms with Crippen molar-refractivity contribution in [3.8, 4) is 0 Å². The minimum absolute atomic E-state index is 0.0339. The molecule has 0 spiro atoms. The highest BCUT2D eigenvalue weighted by Gasteiger charge is 2.23. The lowest BCUT2D eigenvalue weighted by Gasteiger charge is -2.24. The van der Waals surface area contributed by atoms with Gasteiger partial charge in [0.05, 0.1) is 7.11 Å². The number of hydrogen-bond acceptors (Lipinski definition) is 4. The summed E-state index contributed by atoms with van der Waals surface area (Å²) < 4.78 is 28.7. The largest absolute Gasteiger partial charge is 0.396 e. The van der Waals surface area contributed by atoms with Crippen LogP contribution in [-0.2, 0) is 14.5 Å². The zero-order valence-corrected chi connectivity index (χ0v) is 10.6. The van der Waals surface area contributed by atoms with Crippen molar-refractivity contribution in [2.45, 2.75) is 20.8 Å². The second-order valence-electron chi connectivity index (χ2n) is 4.12. The molecule has 0 bridgehead atoms. The molecule has 0 rings (SSSR count).